The molecule has 1 saturated carbocycles. The van der Waals surface area contributed by atoms with Gasteiger partial charge in [0, 0.05) is 10.9 Å². The molecule has 2 rings (SSSR count). The smallest absolute Gasteiger partial charge is 0.303 e. The summed E-state index contributed by atoms with van der Waals surface area (Å²) in [6.07, 6.45) is 1.31. The second-order valence-electron chi connectivity index (χ2n) is 3.72. The number of hydrogen-bond acceptors (Lipinski definition) is 1. The van der Waals surface area contributed by atoms with Crippen molar-refractivity contribution in [3.8, 4) is 0 Å². The molecule has 0 saturated heterocycles. The van der Waals surface area contributed by atoms with Crippen molar-refractivity contribution in [2.24, 2.45) is 5.92 Å². The van der Waals surface area contributed by atoms with Gasteiger partial charge in [-0.2, -0.15) is 0 Å². The summed E-state index contributed by atoms with van der Waals surface area (Å²) in [4.78, 5) is 10.5. The predicted octanol–water partition coefficient (Wildman–Crippen LogP) is 3.03. The van der Waals surface area contributed by atoms with Gasteiger partial charge in [0.2, 0.25) is 0 Å². The average molecular weight is 255 g/mol. The molecule has 74 valence electrons. The minimum atomic E-state index is -0.690. The van der Waals surface area contributed by atoms with Crippen molar-refractivity contribution in [2.45, 2.75) is 18.8 Å². The molecule has 2 unspecified atom stereocenters. The highest BCUT2D eigenvalue weighted by atomic mass is 79.9. The van der Waals surface area contributed by atoms with Crippen LogP contribution >= 0.6 is 15.9 Å². The summed E-state index contributed by atoms with van der Waals surface area (Å²) in [5.41, 5.74) is 1.25. The van der Waals surface area contributed by atoms with Crippen LogP contribution in [-0.2, 0) is 4.79 Å². The first kappa shape index (κ1) is 9.71. The van der Waals surface area contributed by atoms with Gasteiger partial charge in [-0.05, 0) is 29.9 Å². The van der Waals surface area contributed by atoms with Gasteiger partial charge in [0.1, 0.15) is 0 Å². The lowest BCUT2D eigenvalue weighted by Gasteiger charge is -2.01. The van der Waals surface area contributed by atoms with E-state index < -0.39 is 5.97 Å². The van der Waals surface area contributed by atoms with Gasteiger partial charge in [-0.15, -0.1) is 0 Å². The van der Waals surface area contributed by atoms with Crippen LogP contribution in [0, 0.1) is 5.92 Å². The number of carboxylic acid groups (broad SMARTS) is 1. The average Bonchev–Trinajstić information content (AvgIpc) is 2.83. The molecule has 0 radical (unpaired) electrons. The van der Waals surface area contributed by atoms with Crippen molar-refractivity contribution >= 4 is 21.9 Å². The Morgan fingerprint density at radius 3 is 2.86 bits per heavy atom. The van der Waals surface area contributed by atoms with Crippen molar-refractivity contribution in [1.82, 2.24) is 0 Å². The van der Waals surface area contributed by atoms with E-state index in [2.05, 4.69) is 22.0 Å². The Bertz CT molecular complexity index is 362. The SMILES string of the molecule is O=C(O)CC1CC1c1ccccc1Br. The third-order valence-electron chi connectivity index (χ3n) is 2.66. The summed E-state index contributed by atoms with van der Waals surface area (Å²) in [6.45, 7) is 0. The third kappa shape index (κ3) is 1.98. The number of rotatable bonds is 3. The maximum Gasteiger partial charge on any atom is 0.303 e. The van der Waals surface area contributed by atoms with Crippen molar-refractivity contribution in [3.63, 3.8) is 0 Å². The first-order chi connectivity index (χ1) is 6.68. The van der Waals surface area contributed by atoms with Crippen LogP contribution in [0.3, 0.4) is 0 Å². The molecule has 0 heterocycles. The monoisotopic (exact) mass is 254 g/mol. The zero-order chi connectivity index (χ0) is 10.1. The minimum absolute atomic E-state index is 0.298. The largest absolute Gasteiger partial charge is 0.481 e. The first-order valence-electron chi connectivity index (χ1n) is 4.64. The van der Waals surface area contributed by atoms with E-state index in [-0.39, 0.29) is 0 Å². The molecule has 0 aliphatic heterocycles. The highest BCUT2D eigenvalue weighted by molar-refractivity contribution is 9.10. The van der Waals surface area contributed by atoms with Crippen molar-refractivity contribution < 1.29 is 9.90 Å². The van der Waals surface area contributed by atoms with Crippen molar-refractivity contribution in [1.29, 1.82) is 0 Å². The van der Waals surface area contributed by atoms with E-state index in [9.17, 15) is 4.79 Å². The van der Waals surface area contributed by atoms with E-state index in [1.54, 1.807) is 0 Å². The molecule has 1 aliphatic rings. The van der Waals surface area contributed by atoms with Gasteiger partial charge in [0.05, 0.1) is 0 Å². The quantitative estimate of drug-likeness (QED) is 0.901. The van der Waals surface area contributed by atoms with Gasteiger partial charge in [-0.25, -0.2) is 0 Å². The van der Waals surface area contributed by atoms with Crippen LogP contribution < -0.4 is 0 Å². The van der Waals surface area contributed by atoms with Crippen LogP contribution in [0.4, 0.5) is 0 Å². The fourth-order valence-electron chi connectivity index (χ4n) is 1.85. The molecule has 1 aromatic rings. The highest BCUT2D eigenvalue weighted by Gasteiger charge is 2.40. The Morgan fingerprint density at radius 1 is 1.50 bits per heavy atom. The molecular formula is C11H11BrO2. The summed E-state index contributed by atoms with van der Waals surface area (Å²) in [5, 5.41) is 8.65. The van der Waals surface area contributed by atoms with Crippen molar-refractivity contribution in [2.75, 3.05) is 0 Å². The zero-order valence-electron chi connectivity index (χ0n) is 7.61. The molecule has 1 aliphatic carbocycles. The number of benzene rings is 1. The van der Waals surface area contributed by atoms with Gasteiger partial charge >= 0.3 is 5.97 Å². The molecule has 2 atom stereocenters. The van der Waals surface area contributed by atoms with E-state index in [0.29, 0.717) is 18.3 Å². The minimum Gasteiger partial charge on any atom is -0.481 e. The van der Waals surface area contributed by atoms with Crippen molar-refractivity contribution in [3.05, 3.63) is 34.3 Å². The maximum absolute atomic E-state index is 10.5. The number of aliphatic carboxylic acids is 1. The van der Waals surface area contributed by atoms with E-state index in [0.717, 1.165) is 10.9 Å². The van der Waals surface area contributed by atoms with Gasteiger partial charge < -0.3 is 5.11 Å². The van der Waals surface area contributed by atoms with Gasteiger partial charge in [-0.1, -0.05) is 34.1 Å². The lowest BCUT2D eigenvalue weighted by atomic mass is 10.1. The number of hydrogen-bond donors (Lipinski definition) is 1. The topological polar surface area (TPSA) is 37.3 Å². The Morgan fingerprint density at radius 2 is 2.21 bits per heavy atom. The molecular weight excluding hydrogens is 244 g/mol. The van der Waals surface area contributed by atoms with Crippen LogP contribution in [0.5, 0.6) is 0 Å². The summed E-state index contributed by atoms with van der Waals surface area (Å²) in [6, 6.07) is 8.04. The molecule has 0 amide bonds. The Labute approximate surface area is 91.1 Å². The molecule has 3 heteroatoms. The summed E-state index contributed by atoms with van der Waals surface area (Å²) in [5.74, 6) is 0.0948. The standard InChI is InChI=1S/C11H11BrO2/c12-10-4-2-1-3-8(10)9-5-7(9)6-11(13)14/h1-4,7,9H,5-6H2,(H,13,14). The van der Waals surface area contributed by atoms with Crippen LogP contribution in [0.25, 0.3) is 0 Å². The normalized spacial score (nSPS) is 24.6. The number of carboxylic acids is 1. The lowest BCUT2D eigenvalue weighted by molar-refractivity contribution is -0.137. The van der Waals surface area contributed by atoms with E-state index >= 15 is 0 Å². The van der Waals surface area contributed by atoms with E-state index in [4.69, 9.17) is 5.11 Å². The lowest BCUT2D eigenvalue weighted by Crippen LogP contribution is -1.96. The number of carbonyl (C=O) groups is 1. The second kappa shape index (κ2) is 3.73. The Kier molecular flexibility index (Phi) is 2.59. The fourth-order valence-corrected chi connectivity index (χ4v) is 2.43. The van der Waals surface area contributed by atoms with Crippen LogP contribution in [0.2, 0.25) is 0 Å². The van der Waals surface area contributed by atoms with E-state index in [1.165, 1.54) is 5.56 Å². The zero-order valence-corrected chi connectivity index (χ0v) is 9.20. The maximum atomic E-state index is 10.5. The van der Waals surface area contributed by atoms with Gasteiger partial charge in [-0.3, -0.25) is 4.79 Å². The van der Waals surface area contributed by atoms with Gasteiger partial charge in [0.15, 0.2) is 0 Å². The summed E-state index contributed by atoms with van der Waals surface area (Å²) < 4.78 is 1.10. The van der Waals surface area contributed by atoms with Crippen LogP contribution in [-0.4, -0.2) is 11.1 Å². The van der Waals surface area contributed by atoms with Crippen LogP contribution in [0.1, 0.15) is 24.3 Å². The summed E-state index contributed by atoms with van der Waals surface area (Å²) >= 11 is 3.48. The molecule has 1 fully saturated rings. The van der Waals surface area contributed by atoms with Gasteiger partial charge in [0.25, 0.3) is 0 Å². The fraction of sp³-hybridized carbons (Fsp3) is 0.364. The number of halogens is 1. The predicted molar refractivity (Wildman–Crippen MR) is 57.2 cm³/mol. The molecule has 0 bridgehead atoms. The summed E-state index contributed by atoms with van der Waals surface area (Å²) in [7, 11) is 0. The Hall–Kier alpha value is -0.830. The molecule has 0 spiro atoms. The first-order valence-corrected chi connectivity index (χ1v) is 5.44. The highest BCUT2D eigenvalue weighted by Crippen LogP contribution is 2.51. The van der Waals surface area contributed by atoms with E-state index in [1.807, 2.05) is 18.2 Å². The molecule has 14 heavy (non-hydrogen) atoms. The Balaban J connectivity index is 2.06. The second-order valence-corrected chi connectivity index (χ2v) is 4.58. The van der Waals surface area contributed by atoms with Crippen LogP contribution in [0.15, 0.2) is 28.7 Å². The third-order valence-corrected chi connectivity index (χ3v) is 3.39. The molecule has 1 aromatic carbocycles. The molecule has 2 nitrogen and oxygen atoms in total. The molecule has 1 N–H and O–H groups in total. The molecule has 0 aromatic heterocycles.